The summed E-state index contributed by atoms with van der Waals surface area (Å²) in [4.78, 5) is 38.4. The van der Waals surface area contributed by atoms with Gasteiger partial charge in [-0.3, -0.25) is 14.4 Å². The maximum absolute atomic E-state index is 12.9. The molecule has 0 aromatic heterocycles. The summed E-state index contributed by atoms with van der Waals surface area (Å²) in [6.07, 6.45) is 91.8. The summed E-state index contributed by atoms with van der Waals surface area (Å²) in [5.74, 6) is -0.853. The molecule has 1 unspecified atom stereocenters. The first-order chi connectivity index (χ1) is 40.0. The van der Waals surface area contributed by atoms with Crippen molar-refractivity contribution >= 4 is 17.9 Å². The van der Waals surface area contributed by atoms with Crippen LogP contribution in [0.4, 0.5) is 0 Å². The van der Waals surface area contributed by atoms with Crippen LogP contribution in [0.25, 0.3) is 0 Å². The van der Waals surface area contributed by atoms with Gasteiger partial charge in [0.15, 0.2) is 6.10 Å². The molecule has 0 aliphatic rings. The number of carbonyl (C=O) groups excluding carboxylic acids is 3. The van der Waals surface area contributed by atoms with Crippen molar-refractivity contribution in [1.29, 1.82) is 0 Å². The molecule has 0 aliphatic carbocycles. The molecule has 0 saturated carbocycles. The van der Waals surface area contributed by atoms with E-state index in [0.717, 1.165) is 103 Å². The predicted molar refractivity (Wildman–Crippen MR) is 353 cm³/mol. The molecule has 0 aromatic carbocycles. The summed E-state index contributed by atoms with van der Waals surface area (Å²) in [6, 6.07) is 0. The van der Waals surface area contributed by atoms with Gasteiger partial charge in [0, 0.05) is 19.3 Å². The monoisotopic (exact) mass is 1130 g/mol. The molecule has 0 rings (SSSR count). The second kappa shape index (κ2) is 69.1. The molecule has 0 saturated heterocycles. The highest BCUT2D eigenvalue weighted by Gasteiger charge is 2.19. The van der Waals surface area contributed by atoms with Gasteiger partial charge in [0.1, 0.15) is 13.2 Å². The maximum Gasteiger partial charge on any atom is 0.306 e. The fourth-order valence-electron chi connectivity index (χ4n) is 10.2. The summed E-state index contributed by atoms with van der Waals surface area (Å²) in [6.45, 7) is 6.57. The first-order valence-corrected chi connectivity index (χ1v) is 35.1. The number of ether oxygens (including phenoxy) is 3. The Labute approximate surface area is 503 Å². The van der Waals surface area contributed by atoms with Crippen LogP contribution < -0.4 is 0 Å². The van der Waals surface area contributed by atoms with Gasteiger partial charge >= 0.3 is 17.9 Å². The van der Waals surface area contributed by atoms with Gasteiger partial charge in [-0.05, 0) is 77.0 Å². The fourth-order valence-corrected chi connectivity index (χ4v) is 10.2. The molecule has 0 radical (unpaired) electrons. The van der Waals surface area contributed by atoms with Crippen LogP contribution >= 0.6 is 0 Å². The van der Waals surface area contributed by atoms with Crippen molar-refractivity contribution < 1.29 is 28.6 Å². The standard InChI is InChI=1S/C75H132O6/c1-4-7-10-13-16-19-22-25-27-29-31-32-33-34-35-36-37-38-39-40-41-42-43-44-45-47-48-50-53-56-59-62-65-68-74(77)80-71-72(70-79-73(76)67-64-61-58-55-52-24-21-18-15-12-9-6-3)81-75(78)69-66-63-60-57-54-51-49-46-30-28-26-23-20-17-14-11-8-5-2/h7,10,16,19,25,27,31-32,34-35,37-38,40-41,72H,4-6,8-9,11-15,17-18,20-24,26,28-30,33,36,39,42-71H2,1-3H3/b10-7-,19-16-,27-25-,32-31-,35-34-,38-37-,41-40-. The van der Waals surface area contributed by atoms with Crippen LogP contribution in [0.5, 0.6) is 0 Å². The number of esters is 3. The van der Waals surface area contributed by atoms with Crippen LogP contribution in [0.2, 0.25) is 0 Å². The molecule has 0 N–H and O–H groups in total. The number of allylic oxidation sites excluding steroid dienone is 14. The van der Waals surface area contributed by atoms with E-state index in [-0.39, 0.29) is 31.1 Å². The van der Waals surface area contributed by atoms with Gasteiger partial charge in [0.25, 0.3) is 0 Å². The SMILES string of the molecule is CC/C=C\C/C=C\C/C=C\C/C=C\C/C=C\C/C=C\C/C=C\CCCCCCCCCCCCCC(=O)OCC(COC(=O)CCCCCCCCCCCCCC)OC(=O)CCCCCCCCCCCCCCCCCCCC. The second-order valence-electron chi connectivity index (χ2n) is 23.4. The number of rotatable bonds is 64. The Hall–Kier alpha value is -3.41. The van der Waals surface area contributed by atoms with Gasteiger partial charge in [-0.2, -0.15) is 0 Å². The van der Waals surface area contributed by atoms with E-state index in [4.69, 9.17) is 14.2 Å². The highest BCUT2D eigenvalue weighted by Crippen LogP contribution is 2.18. The molecule has 81 heavy (non-hydrogen) atoms. The van der Waals surface area contributed by atoms with Crippen molar-refractivity contribution in [3.05, 3.63) is 85.1 Å². The number of carbonyl (C=O) groups is 3. The second-order valence-corrected chi connectivity index (χ2v) is 23.4. The van der Waals surface area contributed by atoms with Crippen LogP contribution in [0.1, 0.15) is 355 Å². The Morgan fingerprint density at radius 2 is 0.481 bits per heavy atom. The van der Waals surface area contributed by atoms with Crippen LogP contribution in [0.15, 0.2) is 85.1 Å². The van der Waals surface area contributed by atoms with E-state index in [1.165, 1.54) is 212 Å². The first kappa shape index (κ1) is 77.6. The molecular formula is C75H132O6. The zero-order valence-corrected chi connectivity index (χ0v) is 53.8. The molecule has 0 spiro atoms. The van der Waals surface area contributed by atoms with Gasteiger partial charge < -0.3 is 14.2 Å². The van der Waals surface area contributed by atoms with E-state index < -0.39 is 6.10 Å². The van der Waals surface area contributed by atoms with Crippen molar-refractivity contribution in [3.8, 4) is 0 Å². The highest BCUT2D eigenvalue weighted by molar-refractivity contribution is 5.71. The van der Waals surface area contributed by atoms with Gasteiger partial charge in [-0.1, -0.05) is 343 Å². The van der Waals surface area contributed by atoms with Crippen LogP contribution in [-0.2, 0) is 28.6 Å². The summed E-state index contributed by atoms with van der Waals surface area (Å²) in [5, 5.41) is 0. The molecule has 0 heterocycles. The van der Waals surface area contributed by atoms with E-state index in [1.807, 2.05) is 0 Å². The van der Waals surface area contributed by atoms with Gasteiger partial charge in [-0.15, -0.1) is 0 Å². The highest BCUT2D eigenvalue weighted by atomic mass is 16.6. The lowest BCUT2D eigenvalue weighted by atomic mass is 10.0. The molecule has 0 bridgehead atoms. The van der Waals surface area contributed by atoms with E-state index in [9.17, 15) is 14.4 Å². The van der Waals surface area contributed by atoms with Crippen LogP contribution in [0.3, 0.4) is 0 Å². The minimum Gasteiger partial charge on any atom is -0.462 e. The third-order valence-electron chi connectivity index (χ3n) is 15.4. The van der Waals surface area contributed by atoms with Gasteiger partial charge in [0.05, 0.1) is 0 Å². The average Bonchev–Trinajstić information content (AvgIpc) is 3.47. The summed E-state index contributed by atoms with van der Waals surface area (Å²) < 4.78 is 17.0. The number of hydrogen-bond donors (Lipinski definition) is 0. The van der Waals surface area contributed by atoms with Gasteiger partial charge in [0.2, 0.25) is 0 Å². The van der Waals surface area contributed by atoms with Crippen molar-refractivity contribution in [2.24, 2.45) is 0 Å². The molecular weight excluding hydrogens is 997 g/mol. The largest absolute Gasteiger partial charge is 0.462 e. The maximum atomic E-state index is 12.9. The quantitative estimate of drug-likeness (QED) is 0.0261. The topological polar surface area (TPSA) is 78.9 Å². The molecule has 0 fully saturated rings. The first-order valence-electron chi connectivity index (χ1n) is 35.1. The van der Waals surface area contributed by atoms with Gasteiger partial charge in [-0.25, -0.2) is 0 Å². The summed E-state index contributed by atoms with van der Waals surface area (Å²) in [7, 11) is 0. The van der Waals surface area contributed by atoms with Crippen LogP contribution in [-0.4, -0.2) is 37.2 Å². The fraction of sp³-hybridized carbons (Fsp3) is 0.773. The smallest absolute Gasteiger partial charge is 0.306 e. The predicted octanol–water partition coefficient (Wildman–Crippen LogP) is 24.2. The molecule has 6 nitrogen and oxygen atoms in total. The Morgan fingerprint density at radius 3 is 0.753 bits per heavy atom. The van der Waals surface area contributed by atoms with E-state index >= 15 is 0 Å². The Balaban J connectivity index is 4.20. The molecule has 0 amide bonds. The Bertz CT molecular complexity index is 1530. The number of hydrogen-bond acceptors (Lipinski definition) is 6. The third-order valence-corrected chi connectivity index (χ3v) is 15.4. The Kier molecular flexibility index (Phi) is 66.2. The van der Waals surface area contributed by atoms with E-state index in [0.29, 0.717) is 19.3 Å². The lowest BCUT2D eigenvalue weighted by Gasteiger charge is -2.18. The summed E-state index contributed by atoms with van der Waals surface area (Å²) in [5.41, 5.74) is 0. The van der Waals surface area contributed by atoms with Crippen molar-refractivity contribution in [1.82, 2.24) is 0 Å². The lowest BCUT2D eigenvalue weighted by Crippen LogP contribution is -2.30. The number of unbranched alkanes of at least 4 members (excludes halogenated alkanes) is 39. The third kappa shape index (κ3) is 67.3. The average molecular weight is 1130 g/mol. The van der Waals surface area contributed by atoms with Crippen molar-refractivity contribution in [3.63, 3.8) is 0 Å². The lowest BCUT2D eigenvalue weighted by molar-refractivity contribution is -0.167. The molecule has 0 aromatic rings. The van der Waals surface area contributed by atoms with Crippen molar-refractivity contribution in [2.75, 3.05) is 13.2 Å². The van der Waals surface area contributed by atoms with E-state index in [1.54, 1.807) is 0 Å². The Morgan fingerprint density at radius 1 is 0.259 bits per heavy atom. The van der Waals surface area contributed by atoms with Crippen molar-refractivity contribution in [2.45, 2.75) is 361 Å². The molecule has 0 aliphatic heterocycles. The normalized spacial score (nSPS) is 12.6. The molecule has 6 heteroatoms. The minimum atomic E-state index is -0.774. The zero-order valence-electron chi connectivity index (χ0n) is 53.8. The molecule has 468 valence electrons. The molecule has 1 atom stereocenters. The zero-order chi connectivity index (χ0) is 58.5. The van der Waals surface area contributed by atoms with Crippen LogP contribution in [0, 0.1) is 0 Å². The van der Waals surface area contributed by atoms with E-state index in [2.05, 4.69) is 106 Å². The summed E-state index contributed by atoms with van der Waals surface area (Å²) >= 11 is 0. The minimum absolute atomic E-state index is 0.0705.